The van der Waals surface area contributed by atoms with E-state index in [1.165, 1.54) is 11.1 Å². The summed E-state index contributed by atoms with van der Waals surface area (Å²) in [5.74, 6) is 0.998. The normalized spacial score (nSPS) is 21.0. The molecule has 0 aromatic heterocycles. The zero-order valence-electron chi connectivity index (χ0n) is 12.6. The van der Waals surface area contributed by atoms with Crippen molar-refractivity contribution in [3.63, 3.8) is 0 Å². The van der Waals surface area contributed by atoms with Crippen molar-refractivity contribution in [3.05, 3.63) is 70.4 Å². The molecule has 0 radical (unpaired) electrons. The number of ether oxygens (including phenoxy) is 1. The van der Waals surface area contributed by atoms with Crippen LogP contribution in [0, 0.1) is 0 Å². The molecule has 1 atom stereocenters. The summed E-state index contributed by atoms with van der Waals surface area (Å²) >= 11 is 0. The first-order chi connectivity index (χ1) is 11.3. The van der Waals surface area contributed by atoms with Gasteiger partial charge < -0.3 is 15.4 Å². The topological polar surface area (TPSA) is 50.4 Å². The molecular weight excluding hydrogens is 288 g/mol. The number of amides is 1. The van der Waals surface area contributed by atoms with Crippen molar-refractivity contribution in [1.29, 1.82) is 0 Å². The number of nitrogens with one attached hydrogen (secondary N) is 2. The molecule has 0 saturated heterocycles. The first-order valence-corrected chi connectivity index (χ1v) is 7.94. The van der Waals surface area contributed by atoms with Gasteiger partial charge in [0, 0.05) is 24.1 Å². The van der Waals surface area contributed by atoms with Crippen molar-refractivity contribution in [1.82, 2.24) is 5.32 Å². The summed E-state index contributed by atoms with van der Waals surface area (Å²) < 4.78 is 5.58. The number of carbonyl (C=O) groups excluding carboxylic acids is 1. The predicted octanol–water partition coefficient (Wildman–Crippen LogP) is 2.71. The van der Waals surface area contributed by atoms with Crippen LogP contribution in [0.25, 0.3) is 0 Å². The van der Waals surface area contributed by atoms with E-state index in [2.05, 4.69) is 28.8 Å². The van der Waals surface area contributed by atoms with Crippen molar-refractivity contribution in [2.24, 2.45) is 0 Å². The van der Waals surface area contributed by atoms with Gasteiger partial charge in [-0.25, -0.2) is 0 Å². The summed E-state index contributed by atoms with van der Waals surface area (Å²) in [5.41, 5.74) is 6.45. The lowest BCUT2D eigenvalue weighted by Crippen LogP contribution is -2.23. The Morgan fingerprint density at radius 3 is 2.96 bits per heavy atom. The smallest absolute Gasteiger partial charge is 0.250 e. The lowest BCUT2D eigenvalue weighted by atomic mass is 9.94. The third-order valence-corrected chi connectivity index (χ3v) is 4.86. The Hall–Kier alpha value is -2.75. The van der Waals surface area contributed by atoms with E-state index in [0.29, 0.717) is 6.42 Å². The number of rotatable bonds is 1. The van der Waals surface area contributed by atoms with E-state index >= 15 is 0 Å². The quantitative estimate of drug-likeness (QED) is 0.851. The first-order valence-electron chi connectivity index (χ1n) is 7.94. The van der Waals surface area contributed by atoms with Gasteiger partial charge in [0.05, 0.1) is 18.3 Å². The van der Waals surface area contributed by atoms with Crippen molar-refractivity contribution >= 4 is 11.6 Å². The van der Waals surface area contributed by atoms with Crippen LogP contribution in [-0.2, 0) is 17.6 Å². The van der Waals surface area contributed by atoms with Crippen LogP contribution in [0.5, 0.6) is 5.75 Å². The number of benzene rings is 2. The largest absolute Gasteiger partial charge is 0.493 e. The van der Waals surface area contributed by atoms with E-state index in [9.17, 15) is 4.79 Å². The van der Waals surface area contributed by atoms with E-state index in [-0.39, 0.29) is 11.9 Å². The zero-order valence-corrected chi connectivity index (χ0v) is 12.6. The SMILES string of the molecule is O=C1NC(c2ccc3c(c2)CCO3)C2=C1Cc1ccccc1N2. The summed E-state index contributed by atoms with van der Waals surface area (Å²) in [4.78, 5) is 12.4. The van der Waals surface area contributed by atoms with Crippen molar-refractivity contribution in [3.8, 4) is 5.75 Å². The highest BCUT2D eigenvalue weighted by molar-refractivity contribution is 6.00. The maximum Gasteiger partial charge on any atom is 0.250 e. The molecule has 0 aliphatic carbocycles. The van der Waals surface area contributed by atoms with Crippen LogP contribution in [0.1, 0.15) is 22.7 Å². The van der Waals surface area contributed by atoms with Crippen molar-refractivity contribution in [2.75, 3.05) is 11.9 Å². The van der Waals surface area contributed by atoms with Crippen LogP contribution in [0.15, 0.2) is 53.7 Å². The molecule has 2 aromatic rings. The Labute approximate surface area is 134 Å². The minimum Gasteiger partial charge on any atom is -0.493 e. The summed E-state index contributed by atoms with van der Waals surface area (Å²) in [5, 5.41) is 6.59. The van der Waals surface area contributed by atoms with Gasteiger partial charge in [-0.1, -0.05) is 24.3 Å². The first kappa shape index (κ1) is 12.8. The second-order valence-electron chi connectivity index (χ2n) is 6.22. The minimum absolute atomic E-state index is 0.0313. The predicted molar refractivity (Wildman–Crippen MR) is 87.3 cm³/mol. The van der Waals surface area contributed by atoms with Gasteiger partial charge in [-0.2, -0.15) is 0 Å². The van der Waals surface area contributed by atoms with Crippen LogP contribution < -0.4 is 15.4 Å². The molecule has 0 bridgehead atoms. The molecular formula is C19H16N2O2. The Kier molecular flexibility index (Phi) is 2.56. The second-order valence-corrected chi connectivity index (χ2v) is 6.22. The molecule has 114 valence electrons. The molecule has 1 amide bonds. The third-order valence-electron chi connectivity index (χ3n) is 4.86. The molecule has 3 aliphatic rings. The maximum absolute atomic E-state index is 12.4. The van der Waals surface area contributed by atoms with Crippen LogP contribution in [0.2, 0.25) is 0 Å². The standard InChI is InChI=1S/C19H16N2O2/c22-19-14-10-11-3-1-2-4-15(11)20-18(14)17(21-19)13-5-6-16-12(9-13)7-8-23-16/h1-6,9,17,20H,7-8,10H2,(H,21,22). The fourth-order valence-corrected chi connectivity index (χ4v) is 3.68. The number of para-hydroxylation sites is 1. The fraction of sp³-hybridized carbons (Fsp3) is 0.211. The van der Waals surface area contributed by atoms with Crippen LogP contribution in [-0.4, -0.2) is 12.5 Å². The maximum atomic E-state index is 12.4. The lowest BCUT2D eigenvalue weighted by molar-refractivity contribution is -0.117. The van der Waals surface area contributed by atoms with Gasteiger partial charge in [0.1, 0.15) is 5.75 Å². The molecule has 23 heavy (non-hydrogen) atoms. The minimum atomic E-state index is -0.100. The molecule has 5 rings (SSSR count). The van der Waals surface area contributed by atoms with Crippen molar-refractivity contribution in [2.45, 2.75) is 18.9 Å². The molecule has 2 N–H and O–H groups in total. The second kappa shape index (κ2) is 4.62. The van der Waals surface area contributed by atoms with Crippen LogP contribution in [0.4, 0.5) is 5.69 Å². The molecule has 4 heteroatoms. The number of carbonyl (C=O) groups is 1. The molecule has 0 fully saturated rings. The number of hydrogen-bond acceptors (Lipinski definition) is 3. The monoisotopic (exact) mass is 304 g/mol. The highest BCUT2D eigenvalue weighted by Crippen LogP contribution is 2.39. The molecule has 1 unspecified atom stereocenters. The van der Waals surface area contributed by atoms with Gasteiger partial charge in [-0.15, -0.1) is 0 Å². The molecule has 3 heterocycles. The fourth-order valence-electron chi connectivity index (χ4n) is 3.68. The third kappa shape index (κ3) is 1.88. The Morgan fingerprint density at radius 1 is 1.09 bits per heavy atom. The van der Waals surface area contributed by atoms with E-state index in [1.807, 2.05) is 24.3 Å². The summed E-state index contributed by atoms with van der Waals surface area (Å²) in [6.07, 6.45) is 1.63. The van der Waals surface area contributed by atoms with Crippen LogP contribution >= 0.6 is 0 Å². The number of fused-ring (bicyclic) bond motifs is 2. The average molecular weight is 304 g/mol. The van der Waals surface area contributed by atoms with Crippen molar-refractivity contribution < 1.29 is 9.53 Å². The number of anilines is 1. The molecule has 0 saturated carbocycles. The lowest BCUT2D eigenvalue weighted by Gasteiger charge is -2.23. The molecule has 4 nitrogen and oxygen atoms in total. The summed E-state index contributed by atoms with van der Waals surface area (Å²) in [7, 11) is 0. The van der Waals surface area contributed by atoms with Gasteiger partial charge in [0.15, 0.2) is 0 Å². The Morgan fingerprint density at radius 2 is 2.00 bits per heavy atom. The van der Waals surface area contributed by atoms with Gasteiger partial charge in [0.25, 0.3) is 0 Å². The Bertz CT molecular complexity index is 869. The number of hydrogen-bond donors (Lipinski definition) is 2. The highest BCUT2D eigenvalue weighted by Gasteiger charge is 2.36. The molecule has 3 aliphatic heterocycles. The van der Waals surface area contributed by atoms with E-state index in [0.717, 1.165) is 41.3 Å². The summed E-state index contributed by atoms with van der Waals surface area (Å²) in [6.45, 7) is 0.745. The van der Waals surface area contributed by atoms with E-state index in [1.54, 1.807) is 0 Å². The van der Waals surface area contributed by atoms with Crippen LogP contribution in [0.3, 0.4) is 0 Å². The van der Waals surface area contributed by atoms with Gasteiger partial charge in [-0.05, 0) is 34.9 Å². The summed E-state index contributed by atoms with van der Waals surface area (Å²) in [6, 6.07) is 14.3. The molecule has 2 aromatic carbocycles. The Balaban J connectivity index is 1.56. The molecule has 0 spiro atoms. The van der Waals surface area contributed by atoms with Gasteiger partial charge in [0.2, 0.25) is 5.91 Å². The van der Waals surface area contributed by atoms with Gasteiger partial charge in [-0.3, -0.25) is 4.79 Å². The van der Waals surface area contributed by atoms with E-state index in [4.69, 9.17) is 4.74 Å². The van der Waals surface area contributed by atoms with E-state index < -0.39 is 0 Å². The zero-order chi connectivity index (χ0) is 15.4. The average Bonchev–Trinajstić information content (AvgIpc) is 3.17. The highest BCUT2D eigenvalue weighted by atomic mass is 16.5. The van der Waals surface area contributed by atoms with Gasteiger partial charge >= 0.3 is 0 Å².